The van der Waals surface area contributed by atoms with Crippen LogP contribution in [0.3, 0.4) is 0 Å². The molecular weight excluding hydrogens is 273 g/mol. The summed E-state index contributed by atoms with van der Waals surface area (Å²) in [5.41, 5.74) is 2.36. The molecule has 1 aromatic rings. The Balaban J connectivity index is 2.23. The summed E-state index contributed by atoms with van der Waals surface area (Å²) >= 11 is 5.95. The fraction of sp³-hybridized carbons (Fsp3) is 0.417. The number of rotatable bonds is 3. The van der Waals surface area contributed by atoms with E-state index in [2.05, 4.69) is 5.43 Å². The van der Waals surface area contributed by atoms with Gasteiger partial charge in [-0.15, -0.1) is 0 Å². The Hall–Kier alpha value is -1.37. The summed E-state index contributed by atoms with van der Waals surface area (Å²) in [6.45, 7) is 4.06. The van der Waals surface area contributed by atoms with Crippen molar-refractivity contribution in [3.63, 3.8) is 0 Å². The molecule has 1 aromatic carbocycles. The van der Waals surface area contributed by atoms with Crippen molar-refractivity contribution in [2.45, 2.75) is 20.4 Å². The van der Waals surface area contributed by atoms with Crippen molar-refractivity contribution in [3.05, 3.63) is 28.5 Å². The number of halogens is 2. The second-order valence-corrected chi connectivity index (χ2v) is 5.47. The van der Waals surface area contributed by atoms with Crippen LogP contribution < -0.4 is 11.3 Å². The van der Waals surface area contributed by atoms with E-state index in [4.69, 9.17) is 22.3 Å². The van der Waals surface area contributed by atoms with Gasteiger partial charge in [0.15, 0.2) is 0 Å². The van der Waals surface area contributed by atoms with Gasteiger partial charge in [-0.05, 0) is 31.5 Å². The molecule has 0 aromatic heterocycles. The van der Waals surface area contributed by atoms with Gasteiger partial charge in [0.25, 0.3) is 5.91 Å². The molecule has 19 heavy (non-hydrogen) atoms. The van der Waals surface area contributed by atoms with Crippen LogP contribution in [0.4, 0.5) is 10.1 Å². The molecule has 1 aliphatic heterocycles. The topological polar surface area (TPSA) is 67.6 Å². The lowest BCUT2D eigenvalue weighted by molar-refractivity contribution is -0.165. The monoisotopic (exact) mass is 287 g/mol. The number of carbonyl (C=O) groups is 1. The van der Waals surface area contributed by atoms with Crippen molar-refractivity contribution in [1.29, 1.82) is 0 Å². The van der Waals surface area contributed by atoms with E-state index in [0.717, 1.165) is 6.07 Å². The Morgan fingerprint density at radius 1 is 1.58 bits per heavy atom. The number of hydrazine groups is 1. The van der Waals surface area contributed by atoms with Crippen LogP contribution in [-0.4, -0.2) is 17.6 Å². The number of hydroxylamine groups is 2. The Bertz CT molecular complexity index is 522. The second-order valence-electron chi connectivity index (χ2n) is 5.07. The van der Waals surface area contributed by atoms with Crippen molar-refractivity contribution in [3.8, 4) is 0 Å². The first kappa shape index (κ1) is 14.0. The van der Waals surface area contributed by atoms with Crippen LogP contribution in [0.15, 0.2) is 12.1 Å². The molecule has 104 valence electrons. The highest BCUT2D eigenvalue weighted by atomic mass is 35.5. The van der Waals surface area contributed by atoms with E-state index >= 15 is 0 Å². The summed E-state index contributed by atoms with van der Waals surface area (Å²) in [6.07, 6.45) is 0. The number of nitrogen functional groups attached to an aromatic ring is 1. The zero-order valence-electron chi connectivity index (χ0n) is 10.7. The summed E-state index contributed by atoms with van der Waals surface area (Å²) in [5, 5.41) is 1.46. The molecule has 0 saturated carbocycles. The molecule has 1 saturated heterocycles. The summed E-state index contributed by atoms with van der Waals surface area (Å²) in [5.74, 6) is 4.52. The van der Waals surface area contributed by atoms with Crippen molar-refractivity contribution >= 4 is 23.2 Å². The van der Waals surface area contributed by atoms with Crippen molar-refractivity contribution in [1.82, 2.24) is 5.06 Å². The van der Waals surface area contributed by atoms with Crippen LogP contribution in [0.25, 0.3) is 0 Å². The summed E-state index contributed by atoms with van der Waals surface area (Å²) in [6, 6.07) is 2.61. The molecule has 0 spiro atoms. The molecular formula is C12H15ClFN3O2. The van der Waals surface area contributed by atoms with Gasteiger partial charge in [-0.3, -0.25) is 15.5 Å². The lowest BCUT2D eigenvalue weighted by atomic mass is 9.95. The molecule has 2 rings (SSSR count). The third-order valence-corrected chi connectivity index (χ3v) is 3.34. The molecule has 0 atom stereocenters. The van der Waals surface area contributed by atoms with Crippen LogP contribution in [0.2, 0.25) is 5.02 Å². The average Bonchev–Trinajstić information content (AvgIpc) is 2.59. The van der Waals surface area contributed by atoms with Crippen LogP contribution in [0, 0.1) is 11.2 Å². The molecule has 5 nitrogen and oxygen atoms in total. The van der Waals surface area contributed by atoms with Gasteiger partial charge >= 0.3 is 0 Å². The highest BCUT2D eigenvalue weighted by Gasteiger charge is 2.40. The molecule has 0 bridgehead atoms. The normalized spacial score (nSPS) is 17.9. The van der Waals surface area contributed by atoms with Crippen molar-refractivity contribution in [2.24, 2.45) is 11.3 Å². The molecule has 1 aliphatic rings. The average molecular weight is 288 g/mol. The quantitative estimate of drug-likeness (QED) is 0.660. The third-order valence-electron chi connectivity index (χ3n) is 2.99. The number of hydrogen-bond donors (Lipinski definition) is 2. The van der Waals surface area contributed by atoms with E-state index in [1.165, 1.54) is 11.1 Å². The fourth-order valence-corrected chi connectivity index (χ4v) is 2.01. The lowest BCUT2D eigenvalue weighted by Crippen LogP contribution is -2.30. The summed E-state index contributed by atoms with van der Waals surface area (Å²) < 4.78 is 13.4. The number of nitrogens with two attached hydrogens (primary N) is 1. The molecule has 3 N–H and O–H groups in total. The van der Waals surface area contributed by atoms with E-state index in [-0.39, 0.29) is 23.2 Å². The number of nitrogens with one attached hydrogen (secondary N) is 1. The van der Waals surface area contributed by atoms with E-state index in [9.17, 15) is 9.18 Å². The van der Waals surface area contributed by atoms with Crippen LogP contribution >= 0.6 is 11.6 Å². The molecule has 1 heterocycles. The maximum Gasteiger partial charge on any atom is 0.254 e. The van der Waals surface area contributed by atoms with Gasteiger partial charge < -0.3 is 5.43 Å². The minimum atomic E-state index is -0.554. The molecule has 0 unspecified atom stereocenters. The van der Waals surface area contributed by atoms with Crippen LogP contribution in [-0.2, 0) is 16.2 Å². The fourth-order valence-electron chi connectivity index (χ4n) is 1.80. The maximum absolute atomic E-state index is 13.4. The number of carbonyl (C=O) groups excluding carboxylic acids is 1. The van der Waals surface area contributed by atoms with Crippen molar-refractivity contribution in [2.75, 3.05) is 12.0 Å². The molecule has 0 aliphatic carbocycles. The number of anilines is 1. The van der Waals surface area contributed by atoms with Crippen molar-refractivity contribution < 1.29 is 14.0 Å². The lowest BCUT2D eigenvalue weighted by Gasteiger charge is -2.18. The van der Waals surface area contributed by atoms with Gasteiger partial charge in [-0.2, -0.15) is 0 Å². The summed E-state index contributed by atoms with van der Waals surface area (Å²) in [4.78, 5) is 17.3. The Morgan fingerprint density at radius 3 is 2.79 bits per heavy atom. The van der Waals surface area contributed by atoms with E-state index < -0.39 is 11.2 Å². The minimum Gasteiger partial charge on any atom is -0.321 e. The zero-order valence-corrected chi connectivity index (χ0v) is 11.4. The number of benzene rings is 1. The van der Waals surface area contributed by atoms with Gasteiger partial charge in [0, 0.05) is 5.02 Å². The summed E-state index contributed by atoms with van der Waals surface area (Å²) in [7, 11) is 0. The first-order valence-corrected chi connectivity index (χ1v) is 6.12. The van der Waals surface area contributed by atoms with E-state index in [0.29, 0.717) is 12.2 Å². The second kappa shape index (κ2) is 4.96. The Labute approximate surface area is 115 Å². The van der Waals surface area contributed by atoms with Gasteiger partial charge in [0.1, 0.15) is 5.82 Å². The molecule has 1 fully saturated rings. The van der Waals surface area contributed by atoms with Gasteiger partial charge in [-0.1, -0.05) is 11.6 Å². The number of nitrogens with zero attached hydrogens (tertiary/aromatic N) is 1. The molecule has 1 amide bonds. The zero-order chi connectivity index (χ0) is 14.2. The predicted octanol–water partition coefficient (Wildman–Crippen LogP) is 2.06. The predicted molar refractivity (Wildman–Crippen MR) is 69.5 cm³/mol. The standard InChI is InChI=1S/C12H15ClFN3O2/c1-12(2)6-19-17(11(12)18)5-7-3-10(16-15)9(14)4-8(7)13/h3-4,16H,5-6,15H2,1-2H3. The third kappa shape index (κ3) is 2.65. The molecule has 7 heteroatoms. The highest BCUT2D eigenvalue weighted by molar-refractivity contribution is 6.31. The van der Waals surface area contributed by atoms with Crippen LogP contribution in [0.1, 0.15) is 19.4 Å². The smallest absolute Gasteiger partial charge is 0.254 e. The highest BCUT2D eigenvalue weighted by Crippen LogP contribution is 2.31. The van der Waals surface area contributed by atoms with Crippen LogP contribution in [0.5, 0.6) is 0 Å². The first-order valence-electron chi connectivity index (χ1n) is 5.74. The Morgan fingerprint density at radius 2 is 2.26 bits per heavy atom. The van der Waals surface area contributed by atoms with Gasteiger partial charge in [0.2, 0.25) is 0 Å². The van der Waals surface area contributed by atoms with E-state index in [1.54, 1.807) is 13.8 Å². The van der Waals surface area contributed by atoms with Gasteiger partial charge in [-0.25, -0.2) is 9.45 Å². The largest absolute Gasteiger partial charge is 0.321 e. The SMILES string of the molecule is CC1(C)CON(Cc2cc(NN)c(F)cc2Cl)C1=O. The Kier molecular flexibility index (Phi) is 3.66. The minimum absolute atomic E-state index is 0.116. The first-order chi connectivity index (χ1) is 8.85. The molecule has 0 radical (unpaired) electrons. The van der Waals surface area contributed by atoms with Gasteiger partial charge in [0.05, 0.1) is 24.3 Å². The van der Waals surface area contributed by atoms with E-state index in [1.807, 2.05) is 0 Å². The maximum atomic E-state index is 13.4. The number of amides is 1. The number of hydrogen-bond acceptors (Lipinski definition) is 4.